The number of piperidine rings is 2. The average Bonchev–Trinajstić information content (AvgIpc) is 2.78. The molecule has 0 aliphatic carbocycles. The molecule has 2 aliphatic rings. The second-order valence-electron chi connectivity index (χ2n) is 8.55. The Morgan fingerprint density at radius 1 is 1.06 bits per heavy atom. The van der Waals surface area contributed by atoms with Crippen LogP contribution >= 0.6 is 35.6 Å². The van der Waals surface area contributed by atoms with Crippen LogP contribution in [0.4, 0.5) is 0 Å². The lowest BCUT2D eigenvalue weighted by Crippen LogP contribution is -2.49. The molecule has 8 heteroatoms. The Morgan fingerprint density at radius 3 is 2.32 bits per heavy atom. The standard InChI is InChI=1S/C23H38ClN5O.HI/c1-25-23(26-17-19-7-11-28(12-8-19)15-16-30-2)27-22-9-13-29(14-10-22)18-20-3-5-21(24)6-4-20;/h3-6,19,22H,7-18H2,1-2H3,(H2,25,26,27);1H. The fourth-order valence-corrected chi connectivity index (χ4v) is 4.47. The first-order chi connectivity index (χ1) is 14.7. The lowest BCUT2D eigenvalue weighted by molar-refractivity contribution is 0.120. The Bertz CT molecular complexity index is 644. The number of hydrogen-bond acceptors (Lipinski definition) is 4. The number of nitrogens with one attached hydrogen (secondary N) is 2. The smallest absolute Gasteiger partial charge is 0.191 e. The minimum Gasteiger partial charge on any atom is -0.383 e. The fourth-order valence-electron chi connectivity index (χ4n) is 4.35. The van der Waals surface area contributed by atoms with Crippen molar-refractivity contribution in [3.63, 3.8) is 0 Å². The molecular weight excluding hydrogens is 525 g/mol. The van der Waals surface area contributed by atoms with E-state index < -0.39 is 0 Å². The van der Waals surface area contributed by atoms with Gasteiger partial charge in [-0.05, 0) is 62.4 Å². The monoisotopic (exact) mass is 563 g/mol. The van der Waals surface area contributed by atoms with Gasteiger partial charge in [0.05, 0.1) is 6.61 Å². The van der Waals surface area contributed by atoms with Gasteiger partial charge in [0.15, 0.2) is 5.96 Å². The van der Waals surface area contributed by atoms with Gasteiger partial charge in [-0.2, -0.15) is 0 Å². The Morgan fingerprint density at radius 2 is 1.71 bits per heavy atom. The molecule has 2 heterocycles. The molecule has 176 valence electrons. The molecule has 31 heavy (non-hydrogen) atoms. The summed E-state index contributed by atoms with van der Waals surface area (Å²) in [6.07, 6.45) is 4.78. The quantitative estimate of drug-likeness (QED) is 0.288. The van der Waals surface area contributed by atoms with Crippen LogP contribution < -0.4 is 10.6 Å². The minimum atomic E-state index is 0. The summed E-state index contributed by atoms with van der Waals surface area (Å²) >= 11 is 5.99. The Labute approximate surface area is 210 Å². The molecule has 2 saturated heterocycles. The largest absolute Gasteiger partial charge is 0.383 e. The molecule has 0 aromatic heterocycles. The maximum Gasteiger partial charge on any atom is 0.191 e. The molecule has 0 radical (unpaired) electrons. The van der Waals surface area contributed by atoms with Crippen molar-refractivity contribution in [3.8, 4) is 0 Å². The highest BCUT2D eigenvalue weighted by molar-refractivity contribution is 14.0. The number of aliphatic imine (C=N–C) groups is 1. The SMILES string of the molecule is CN=C(NCC1CCN(CCOC)CC1)NC1CCN(Cc2ccc(Cl)cc2)CC1.I. The van der Waals surface area contributed by atoms with Crippen molar-refractivity contribution in [1.82, 2.24) is 20.4 Å². The van der Waals surface area contributed by atoms with Crippen LogP contribution in [0, 0.1) is 5.92 Å². The highest BCUT2D eigenvalue weighted by Gasteiger charge is 2.22. The van der Waals surface area contributed by atoms with Crippen molar-refractivity contribution in [2.75, 3.05) is 60.0 Å². The number of halogens is 2. The van der Waals surface area contributed by atoms with Crippen molar-refractivity contribution in [1.29, 1.82) is 0 Å². The highest BCUT2D eigenvalue weighted by Crippen LogP contribution is 2.17. The van der Waals surface area contributed by atoms with E-state index >= 15 is 0 Å². The van der Waals surface area contributed by atoms with Crippen LogP contribution in [0.25, 0.3) is 0 Å². The van der Waals surface area contributed by atoms with Gasteiger partial charge in [-0.25, -0.2) is 0 Å². The zero-order valence-corrected chi connectivity index (χ0v) is 22.1. The zero-order valence-electron chi connectivity index (χ0n) is 19.0. The number of benzene rings is 1. The van der Waals surface area contributed by atoms with Gasteiger partial charge in [-0.15, -0.1) is 24.0 Å². The Balaban J connectivity index is 0.00000341. The molecule has 0 saturated carbocycles. The van der Waals surface area contributed by atoms with E-state index in [1.807, 2.05) is 19.2 Å². The summed E-state index contributed by atoms with van der Waals surface area (Å²) in [5.41, 5.74) is 1.33. The van der Waals surface area contributed by atoms with Crippen LogP contribution in [-0.2, 0) is 11.3 Å². The first-order valence-corrected chi connectivity index (χ1v) is 11.7. The van der Waals surface area contributed by atoms with Crippen LogP contribution in [-0.4, -0.2) is 81.8 Å². The van der Waals surface area contributed by atoms with Crippen LogP contribution in [0.3, 0.4) is 0 Å². The molecule has 0 amide bonds. The highest BCUT2D eigenvalue weighted by atomic mass is 127. The fraction of sp³-hybridized carbons (Fsp3) is 0.696. The van der Waals surface area contributed by atoms with Gasteiger partial charge in [0, 0.05) is 57.9 Å². The molecular formula is C23H39ClIN5O. The summed E-state index contributed by atoms with van der Waals surface area (Å²) in [6, 6.07) is 8.70. The summed E-state index contributed by atoms with van der Waals surface area (Å²) in [4.78, 5) is 9.49. The van der Waals surface area contributed by atoms with Crippen molar-refractivity contribution >= 4 is 41.5 Å². The van der Waals surface area contributed by atoms with Gasteiger partial charge >= 0.3 is 0 Å². The average molecular weight is 564 g/mol. The maximum absolute atomic E-state index is 5.99. The van der Waals surface area contributed by atoms with Gasteiger partial charge in [0.25, 0.3) is 0 Å². The minimum absolute atomic E-state index is 0. The third-order valence-electron chi connectivity index (χ3n) is 6.35. The molecule has 2 fully saturated rings. The molecule has 0 atom stereocenters. The summed E-state index contributed by atoms with van der Waals surface area (Å²) in [5.74, 6) is 1.68. The first kappa shape index (κ1) is 26.6. The molecule has 0 bridgehead atoms. The summed E-state index contributed by atoms with van der Waals surface area (Å²) < 4.78 is 5.19. The van der Waals surface area contributed by atoms with Crippen LogP contribution in [0.2, 0.25) is 5.02 Å². The van der Waals surface area contributed by atoms with E-state index in [0.717, 1.165) is 69.1 Å². The summed E-state index contributed by atoms with van der Waals surface area (Å²) in [5, 5.41) is 8.01. The number of guanidine groups is 1. The van der Waals surface area contributed by atoms with Crippen molar-refractivity contribution in [2.24, 2.45) is 10.9 Å². The Kier molecular flexibility index (Phi) is 12.5. The summed E-state index contributed by atoms with van der Waals surface area (Å²) in [7, 11) is 3.65. The van der Waals surface area contributed by atoms with Gasteiger partial charge in [-0.1, -0.05) is 23.7 Å². The molecule has 2 aliphatic heterocycles. The van der Waals surface area contributed by atoms with Gasteiger partial charge in [0.2, 0.25) is 0 Å². The predicted octanol–water partition coefficient (Wildman–Crippen LogP) is 3.45. The van der Waals surface area contributed by atoms with Crippen molar-refractivity contribution in [2.45, 2.75) is 38.3 Å². The number of ether oxygens (including phenoxy) is 1. The van der Waals surface area contributed by atoms with Crippen molar-refractivity contribution in [3.05, 3.63) is 34.9 Å². The molecule has 2 N–H and O–H groups in total. The molecule has 6 nitrogen and oxygen atoms in total. The number of methoxy groups -OCH3 is 1. The van der Waals surface area contributed by atoms with Crippen LogP contribution in [0.1, 0.15) is 31.2 Å². The lowest BCUT2D eigenvalue weighted by Gasteiger charge is -2.34. The number of rotatable bonds is 8. The van der Waals surface area contributed by atoms with E-state index in [1.165, 1.54) is 31.5 Å². The van der Waals surface area contributed by atoms with E-state index in [1.54, 1.807) is 7.11 Å². The molecule has 1 aromatic rings. The molecule has 3 rings (SSSR count). The number of likely N-dealkylation sites (tertiary alicyclic amines) is 2. The van der Waals surface area contributed by atoms with Gasteiger partial charge in [-0.3, -0.25) is 9.89 Å². The van der Waals surface area contributed by atoms with Gasteiger partial charge in [0.1, 0.15) is 0 Å². The van der Waals surface area contributed by atoms with Crippen LogP contribution in [0.15, 0.2) is 29.3 Å². The second kappa shape index (κ2) is 14.5. The van der Waals surface area contributed by atoms with E-state index in [0.29, 0.717) is 6.04 Å². The molecule has 0 spiro atoms. The van der Waals surface area contributed by atoms with E-state index in [2.05, 4.69) is 37.6 Å². The Hall–Kier alpha value is -0.610. The first-order valence-electron chi connectivity index (χ1n) is 11.3. The zero-order chi connectivity index (χ0) is 21.2. The second-order valence-corrected chi connectivity index (χ2v) is 8.99. The summed E-state index contributed by atoms with van der Waals surface area (Å²) in [6.45, 7) is 8.46. The maximum atomic E-state index is 5.99. The lowest BCUT2D eigenvalue weighted by atomic mass is 9.97. The van der Waals surface area contributed by atoms with Crippen LogP contribution in [0.5, 0.6) is 0 Å². The normalized spacial score (nSPS) is 19.8. The van der Waals surface area contributed by atoms with Gasteiger partial charge < -0.3 is 20.3 Å². The van der Waals surface area contributed by atoms with Crippen molar-refractivity contribution < 1.29 is 4.74 Å². The third-order valence-corrected chi connectivity index (χ3v) is 6.60. The molecule has 1 aromatic carbocycles. The molecule has 0 unspecified atom stereocenters. The van der Waals surface area contributed by atoms with E-state index in [9.17, 15) is 0 Å². The third kappa shape index (κ3) is 9.42. The number of nitrogens with zero attached hydrogens (tertiary/aromatic N) is 3. The number of hydrogen-bond donors (Lipinski definition) is 2. The topological polar surface area (TPSA) is 52.1 Å². The predicted molar refractivity (Wildman–Crippen MR) is 141 cm³/mol. The van der Waals surface area contributed by atoms with E-state index in [4.69, 9.17) is 16.3 Å². The van der Waals surface area contributed by atoms with E-state index in [-0.39, 0.29) is 24.0 Å².